The number of rotatable bonds is 17. The standard InChI is InChI=1S/C35H43N3O4/c1-3-5-6-10-19-41-30-18-12-14-27(21-30)22-31(33(39)24-36-23-28-15-11-13-26(4-2)20-28)32-25-42-35(37-32)38-34(40)29-16-8-7-9-17-29/h7-9,11-18,20-21,25,31,33,36,39H,3-6,10,19,22-24H2,1-2H3,(H,37,38,40)/t31-,33-/m0/s1. The second-order valence-corrected chi connectivity index (χ2v) is 10.6. The Bertz CT molecular complexity index is 1370. The molecule has 2 atom stereocenters. The highest BCUT2D eigenvalue weighted by Crippen LogP contribution is 2.27. The quantitative estimate of drug-likeness (QED) is 0.119. The fourth-order valence-electron chi connectivity index (χ4n) is 4.91. The van der Waals surface area contributed by atoms with Crippen molar-refractivity contribution in [2.24, 2.45) is 0 Å². The third-order valence-corrected chi connectivity index (χ3v) is 7.33. The fourth-order valence-corrected chi connectivity index (χ4v) is 4.91. The minimum absolute atomic E-state index is 0.101. The van der Waals surface area contributed by atoms with E-state index in [9.17, 15) is 9.90 Å². The lowest BCUT2D eigenvalue weighted by molar-refractivity contribution is 0.102. The summed E-state index contributed by atoms with van der Waals surface area (Å²) in [6.07, 6.45) is 6.88. The molecule has 0 aliphatic carbocycles. The molecule has 7 heteroatoms. The number of nitrogens with one attached hydrogen (secondary N) is 2. The summed E-state index contributed by atoms with van der Waals surface area (Å²) in [6.45, 7) is 6.04. The Kier molecular flexibility index (Phi) is 12.2. The van der Waals surface area contributed by atoms with Crippen molar-refractivity contribution in [1.82, 2.24) is 10.3 Å². The number of hydrogen-bond donors (Lipinski definition) is 3. The number of carbonyl (C=O) groups is 1. The molecule has 0 saturated heterocycles. The van der Waals surface area contributed by atoms with Gasteiger partial charge >= 0.3 is 6.01 Å². The average molecular weight is 570 g/mol. The smallest absolute Gasteiger partial charge is 0.301 e. The van der Waals surface area contributed by atoms with Crippen LogP contribution in [-0.4, -0.2) is 35.3 Å². The monoisotopic (exact) mass is 569 g/mol. The molecule has 0 aliphatic heterocycles. The second kappa shape index (κ2) is 16.5. The van der Waals surface area contributed by atoms with Crippen molar-refractivity contribution in [3.63, 3.8) is 0 Å². The van der Waals surface area contributed by atoms with Gasteiger partial charge in [0, 0.05) is 24.6 Å². The number of oxazole rings is 1. The minimum Gasteiger partial charge on any atom is -0.494 e. The third kappa shape index (κ3) is 9.57. The predicted molar refractivity (Wildman–Crippen MR) is 167 cm³/mol. The van der Waals surface area contributed by atoms with Crippen LogP contribution in [0.2, 0.25) is 0 Å². The summed E-state index contributed by atoms with van der Waals surface area (Å²) in [6, 6.07) is 25.5. The Hall–Kier alpha value is -3.94. The lowest BCUT2D eigenvalue weighted by atomic mass is 9.91. The van der Waals surface area contributed by atoms with Gasteiger partial charge < -0.3 is 19.6 Å². The maximum absolute atomic E-state index is 12.6. The molecule has 3 N–H and O–H groups in total. The number of carbonyl (C=O) groups excluding carboxylic acids is 1. The number of anilines is 1. The largest absolute Gasteiger partial charge is 0.494 e. The van der Waals surface area contributed by atoms with Crippen LogP contribution >= 0.6 is 0 Å². The highest BCUT2D eigenvalue weighted by atomic mass is 16.5. The van der Waals surface area contributed by atoms with Crippen LogP contribution in [0, 0.1) is 0 Å². The Morgan fingerprint density at radius 3 is 2.52 bits per heavy atom. The molecule has 42 heavy (non-hydrogen) atoms. The first kappa shape index (κ1) is 31.0. The van der Waals surface area contributed by atoms with E-state index in [1.807, 2.05) is 30.3 Å². The van der Waals surface area contributed by atoms with Crippen molar-refractivity contribution < 1.29 is 19.1 Å². The van der Waals surface area contributed by atoms with E-state index in [4.69, 9.17) is 9.15 Å². The van der Waals surface area contributed by atoms with Crippen molar-refractivity contribution in [2.75, 3.05) is 18.5 Å². The van der Waals surface area contributed by atoms with Gasteiger partial charge in [0.15, 0.2) is 0 Å². The molecule has 7 nitrogen and oxygen atoms in total. The lowest BCUT2D eigenvalue weighted by Gasteiger charge is -2.22. The van der Waals surface area contributed by atoms with Crippen LogP contribution in [0.3, 0.4) is 0 Å². The first-order valence-corrected chi connectivity index (χ1v) is 15.1. The van der Waals surface area contributed by atoms with Gasteiger partial charge in [0.05, 0.1) is 18.4 Å². The molecule has 222 valence electrons. The van der Waals surface area contributed by atoms with Crippen LogP contribution in [0.5, 0.6) is 5.75 Å². The normalized spacial score (nSPS) is 12.5. The topological polar surface area (TPSA) is 96.6 Å². The van der Waals surface area contributed by atoms with Gasteiger partial charge in [0.25, 0.3) is 5.91 Å². The van der Waals surface area contributed by atoms with Gasteiger partial charge in [-0.2, -0.15) is 4.98 Å². The summed E-state index contributed by atoms with van der Waals surface area (Å²) in [4.78, 5) is 17.2. The van der Waals surface area contributed by atoms with E-state index in [0.29, 0.717) is 37.4 Å². The number of aliphatic hydroxyl groups is 1. The van der Waals surface area contributed by atoms with E-state index in [2.05, 4.69) is 53.7 Å². The molecule has 4 aromatic rings. The van der Waals surface area contributed by atoms with Crippen molar-refractivity contribution in [3.05, 3.63) is 113 Å². The van der Waals surface area contributed by atoms with E-state index >= 15 is 0 Å². The Morgan fingerprint density at radius 1 is 0.929 bits per heavy atom. The van der Waals surface area contributed by atoms with Gasteiger partial charge in [-0.3, -0.25) is 10.1 Å². The van der Waals surface area contributed by atoms with Crippen LogP contribution in [-0.2, 0) is 19.4 Å². The minimum atomic E-state index is -0.749. The third-order valence-electron chi connectivity index (χ3n) is 7.33. The van der Waals surface area contributed by atoms with Crippen LogP contribution in [0.25, 0.3) is 0 Å². The molecule has 0 spiro atoms. The van der Waals surface area contributed by atoms with Crippen molar-refractivity contribution in [3.8, 4) is 5.75 Å². The Morgan fingerprint density at radius 2 is 1.71 bits per heavy atom. The summed E-state index contributed by atoms with van der Waals surface area (Å²) in [5.74, 6) is 0.147. The molecular weight excluding hydrogens is 526 g/mol. The second-order valence-electron chi connectivity index (χ2n) is 10.6. The van der Waals surface area contributed by atoms with Crippen LogP contribution in [0.4, 0.5) is 6.01 Å². The number of hydrogen-bond acceptors (Lipinski definition) is 6. The fraction of sp³-hybridized carbons (Fsp3) is 0.371. The number of benzene rings is 3. The van der Waals surface area contributed by atoms with Gasteiger partial charge in [0.2, 0.25) is 0 Å². The SMILES string of the molecule is CCCCCCOc1cccc(C[C@@H](c2coc(NC(=O)c3ccccc3)n2)[C@@H](O)CNCc2cccc(CC)c2)c1. The molecular formula is C35H43N3O4. The zero-order valence-electron chi connectivity index (χ0n) is 24.7. The summed E-state index contributed by atoms with van der Waals surface area (Å²) < 4.78 is 11.6. The molecule has 1 aromatic heterocycles. The maximum atomic E-state index is 12.6. The molecule has 0 radical (unpaired) electrons. The van der Waals surface area contributed by atoms with E-state index in [-0.39, 0.29) is 17.8 Å². The number of aryl methyl sites for hydroxylation is 1. The molecule has 1 amide bonds. The number of nitrogens with zero attached hydrogens (tertiary/aromatic N) is 1. The lowest BCUT2D eigenvalue weighted by Crippen LogP contribution is -2.32. The van der Waals surface area contributed by atoms with Crippen LogP contribution in [0.15, 0.2) is 89.5 Å². The molecule has 1 heterocycles. The highest BCUT2D eigenvalue weighted by Gasteiger charge is 2.26. The summed E-state index contributed by atoms with van der Waals surface area (Å²) in [7, 11) is 0. The van der Waals surface area contributed by atoms with Gasteiger partial charge in [-0.1, -0.05) is 87.7 Å². The van der Waals surface area contributed by atoms with Crippen molar-refractivity contribution in [2.45, 2.75) is 70.9 Å². The number of amides is 1. The molecule has 0 saturated carbocycles. The molecule has 0 fully saturated rings. The van der Waals surface area contributed by atoms with Crippen LogP contribution < -0.4 is 15.4 Å². The molecule has 4 rings (SSSR count). The van der Waals surface area contributed by atoms with Crippen LogP contribution in [0.1, 0.15) is 78.2 Å². The molecule has 0 bridgehead atoms. The van der Waals surface area contributed by atoms with Crippen molar-refractivity contribution >= 4 is 11.9 Å². The first-order chi connectivity index (χ1) is 20.6. The summed E-state index contributed by atoms with van der Waals surface area (Å²) in [5.41, 5.74) is 4.57. The van der Waals surface area contributed by atoms with Gasteiger partial charge in [-0.15, -0.1) is 0 Å². The molecule has 3 aromatic carbocycles. The zero-order valence-corrected chi connectivity index (χ0v) is 24.7. The highest BCUT2D eigenvalue weighted by molar-refractivity contribution is 6.03. The van der Waals surface area contributed by atoms with E-state index in [0.717, 1.165) is 30.6 Å². The first-order valence-electron chi connectivity index (χ1n) is 15.1. The number of aliphatic hydroxyl groups excluding tert-OH is 1. The Labute approximate surface area is 249 Å². The predicted octanol–water partition coefficient (Wildman–Crippen LogP) is 6.93. The number of unbranched alkanes of at least 4 members (excludes halogenated alkanes) is 3. The van der Waals surface area contributed by atoms with E-state index < -0.39 is 6.10 Å². The average Bonchev–Trinajstić information content (AvgIpc) is 3.48. The summed E-state index contributed by atoms with van der Waals surface area (Å²) in [5, 5.41) is 17.5. The van der Waals surface area contributed by atoms with Gasteiger partial charge in [-0.05, 0) is 60.2 Å². The zero-order chi connectivity index (χ0) is 29.6. The maximum Gasteiger partial charge on any atom is 0.301 e. The molecule has 0 aliphatic rings. The molecule has 0 unspecified atom stereocenters. The van der Waals surface area contributed by atoms with E-state index in [1.165, 1.54) is 30.2 Å². The number of ether oxygens (including phenoxy) is 1. The summed E-state index contributed by atoms with van der Waals surface area (Å²) >= 11 is 0. The van der Waals surface area contributed by atoms with Gasteiger partial charge in [-0.25, -0.2) is 0 Å². The number of aromatic nitrogens is 1. The van der Waals surface area contributed by atoms with Gasteiger partial charge in [0.1, 0.15) is 12.0 Å². The van der Waals surface area contributed by atoms with Crippen molar-refractivity contribution in [1.29, 1.82) is 0 Å². The van der Waals surface area contributed by atoms with E-state index in [1.54, 1.807) is 24.3 Å². The Balaban J connectivity index is 1.45.